The summed E-state index contributed by atoms with van der Waals surface area (Å²) in [6, 6.07) is 12.9. The molecule has 2 aromatic carbocycles. The molecule has 1 amide bonds. The number of pyridine rings is 1. The van der Waals surface area contributed by atoms with Gasteiger partial charge in [0.15, 0.2) is 5.65 Å². The highest BCUT2D eigenvalue weighted by Crippen LogP contribution is 2.31. The molecule has 0 spiro atoms. The van der Waals surface area contributed by atoms with Gasteiger partial charge in [-0.25, -0.2) is 9.97 Å². The van der Waals surface area contributed by atoms with Gasteiger partial charge in [0.25, 0.3) is 5.56 Å². The van der Waals surface area contributed by atoms with Crippen molar-refractivity contribution in [3.8, 4) is 16.8 Å². The maximum atomic E-state index is 14.0. The second kappa shape index (κ2) is 10.4. The number of aromatic nitrogens is 3. The third kappa shape index (κ3) is 5.27. The second-order valence-electron chi connectivity index (χ2n) is 9.69. The molecular formula is C28H29ClN6O2. The lowest BCUT2D eigenvalue weighted by atomic mass is 9.97. The Morgan fingerprint density at radius 3 is 2.81 bits per heavy atom. The molecule has 1 aliphatic heterocycles. The Hall–Kier alpha value is -3.59. The molecule has 0 unspecified atom stereocenters. The number of hydrogen-bond acceptors (Lipinski definition) is 6. The molecule has 0 radical (unpaired) electrons. The minimum absolute atomic E-state index is 0.262. The Morgan fingerprint density at radius 1 is 1.24 bits per heavy atom. The molecule has 0 saturated carbocycles. The zero-order valence-corrected chi connectivity index (χ0v) is 21.6. The molecule has 37 heavy (non-hydrogen) atoms. The number of benzene rings is 2. The van der Waals surface area contributed by atoms with Crippen LogP contribution in [-0.4, -0.2) is 51.5 Å². The number of likely N-dealkylation sites (N-methyl/N-ethyl adjacent to an activating group) is 1. The fourth-order valence-corrected chi connectivity index (χ4v) is 5.36. The largest absolute Gasteiger partial charge is 0.366 e. The summed E-state index contributed by atoms with van der Waals surface area (Å²) < 4.78 is 1.44. The van der Waals surface area contributed by atoms with Crippen LogP contribution in [0.15, 0.2) is 59.8 Å². The monoisotopic (exact) mass is 516 g/mol. The van der Waals surface area contributed by atoms with Gasteiger partial charge in [0.2, 0.25) is 5.91 Å². The topological polar surface area (TPSA) is 106 Å². The van der Waals surface area contributed by atoms with Crippen molar-refractivity contribution in [3.63, 3.8) is 0 Å². The number of fused-ring (bicyclic) bond motifs is 1. The number of nitrogens with one attached hydrogen (secondary N) is 1. The SMILES string of the molecule is Cc1cc(Cl)cc(-c2cnc3ncn(-c4cccc(C(N)=O)c4)c(=O)c3c2CN(C)C[C@@H]2CCCN2)c1. The van der Waals surface area contributed by atoms with Crippen LogP contribution in [0.5, 0.6) is 0 Å². The van der Waals surface area contributed by atoms with Gasteiger partial charge in [-0.05, 0) is 80.4 Å². The molecule has 3 N–H and O–H groups in total. The van der Waals surface area contributed by atoms with Gasteiger partial charge in [0.1, 0.15) is 6.33 Å². The summed E-state index contributed by atoms with van der Waals surface area (Å²) >= 11 is 6.41. The first-order valence-corrected chi connectivity index (χ1v) is 12.7. The van der Waals surface area contributed by atoms with Crippen LogP contribution in [-0.2, 0) is 6.54 Å². The van der Waals surface area contributed by atoms with Gasteiger partial charge >= 0.3 is 0 Å². The van der Waals surface area contributed by atoms with E-state index >= 15 is 0 Å². The molecule has 9 heteroatoms. The van der Waals surface area contributed by atoms with Crippen molar-refractivity contribution in [2.45, 2.75) is 32.4 Å². The molecule has 1 aliphatic rings. The average molecular weight is 517 g/mol. The van der Waals surface area contributed by atoms with E-state index < -0.39 is 5.91 Å². The van der Waals surface area contributed by atoms with Crippen LogP contribution in [0.25, 0.3) is 27.8 Å². The van der Waals surface area contributed by atoms with Gasteiger partial charge in [-0.15, -0.1) is 0 Å². The van der Waals surface area contributed by atoms with Gasteiger partial charge in [-0.1, -0.05) is 23.7 Å². The molecule has 4 aromatic rings. The van der Waals surface area contributed by atoms with Gasteiger partial charge < -0.3 is 16.0 Å². The third-order valence-electron chi connectivity index (χ3n) is 6.78. The van der Waals surface area contributed by atoms with E-state index in [-0.39, 0.29) is 5.56 Å². The molecular weight excluding hydrogens is 488 g/mol. The third-order valence-corrected chi connectivity index (χ3v) is 7.00. The average Bonchev–Trinajstić information content (AvgIpc) is 3.36. The Balaban J connectivity index is 1.70. The lowest BCUT2D eigenvalue weighted by Gasteiger charge is -2.23. The van der Waals surface area contributed by atoms with E-state index in [1.54, 1.807) is 30.5 Å². The van der Waals surface area contributed by atoms with Gasteiger partial charge in [0, 0.05) is 41.5 Å². The van der Waals surface area contributed by atoms with Gasteiger partial charge in [0.05, 0.1) is 11.1 Å². The van der Waals surface area contributed by atoms with E-state index in [1.165, 1.54) is 17.3 Å². The van der Waals surface area contributed by atoms with Crippen LogP contribution in [0.4, 0.5) is 0 Å². The summed E-state index contributed by atoms with van der Waals surface area (Å²) in [6.45, 7) is 4.40. The molecule has 1 fully saturated rings. The number of hydrogen-bond donors (Lipinski definition) is 2. The van der Waals surface area contributed by atoms with Crippen molar-refractivity contribution >= 4 is 28.5 Å². The fourth-order valence-electron chi connectivity index (χ4n) is 5.07. The standard InChI is InChI=1S/C28H29ClN6O2/c1-17-9-19(11-20(29)10-17)23-13-32-27-25(24(23)15-34(2)14-21-6-4-8-31-21)28(37)35(16-33-27)22-7-3-5-18(12-22)26(30)36/h3,5,7,9-13,16,21,31H,4,6,8,14-15H2,1-2H3,(H2,30,36)/t21-/m0/s1. The number of halogens is 1. The van der Waals surface area contributed by atoms with Crippen molar-refractivity contribution < 1.29 is 4.79 Å². The maximum absolute atomic E-state index is 14.0. The Morgan fingerprint density at radius 2 is 2.08 bits per heavy atom. The van der Waals surface area contributed by atoms with Gasteiger partial charge in [-0.2, -0.15) is 0 Å². The zero-order chi connectivity index (χ0) is 26.1. The van der Waals surface area contributed by atoms with Crippen molar-refractivity contribution in [2.24, 2.45) is 5.73 Å². The van der Waals surface area contributed by atoms with E-state index in [9.17, 15) is 9.59 Å². The molecule has 1 saturated heterocycles. The first kappa shape index (κ1) is 25.1. The highest BCUT2D eigenvalue weighted by Gasteiger charge is 2.21. The molecule has 1 atom stereocenters. The van der Waals surface area contributed by atoms with E-state index in [1.807, 2.05) is 25.1 Å². The van der Waals surface area contributed by atoms with Crippen molar-refractivity contribution in [1.29, 1.82) is 0 Å². The molecule has 2 aromatic heterocycles. The highest BCUT2D eigenvalue weighted by molar-refractivity contribution is 6.31. The minimum Gasteiger partial charge on any atom is -0.366 e. The Labute approximate surface area is 220 Å². The van der Waals surface area contributed by atoms with Crippen molar-refractivity contribution in [2.75, 3.05) is 20.1 Å². The lowest BCUT2D eigenvalue weighted by molar-refractivity contribution is 0.1000. The van der Waals surface area contributed by atoms with Crippen LogP contribution in [0.3, 0.4) is 0 Å². The fraction of sp³-hybridized carbons (Fsp3) is 0.286. The number of nitrogens with two attached hydrogens (primary N) is 1. The molecule has 5 rings (SSSR count). The second-order valence-corrected chi connectivity index (χ2v) is 10.1. The molecule has 8 nitrogen and oxygen atoms in total. The lowest BCUT2D eigenvalue weighted by Crippen LogP contribution is -2.35. The van der Waals surface area contributed by atoms with Crippen LogP contribution < -0.4 is 16.6 Å². The quantitative estimate of drug-likeness (QED) is 0.388. The number of aryl methyl sites for hydroxylation is 1. The number of rotatable bonds is 7. The zero-order valence-electron chi connectivity index (χ0n) is 20.9. The van der Waals surface area contributed by atoms with Crippen LogP contribution in [0, 0.1) is 6.92 Å². The number of nitrogens with zero attached hydrogens (tertiary/aromatic N) is 4. The first-order chi connectivity index (χ1) is 17.8. The van der Waals surface area contributed by atoms with Crippen molar-refractivity contribution in [1.82, 2.24) is 24.8 Å². The van der Waals surface area contributed by atoms with Crippen LogP contribution in [0.1, 0.15) is 34.3 Å². The minimum atomic E-state index is -0.563. The Bertz CT molecular complexity index is 1520. The predicted molar refractivity (Wildman–Crippen MR) is 146 cm³/mol. The summed E-state index contributed by atoms with van der Waals surface area (Å²) in [6.07, 6.45) is 5.51. The number of primary amides is 1. The first-order valence-electron chi connectivity index (χ1n) is 12.3. The number of carbonyl (C=O) groups is 1. The normalized spacial score (nSPS) is 15.5. The highest BCUT2D eigenvalue weighted by atomic mass is 35.5. The molecule has 190 valence electrons. The molecule has 3 heterocycles. The maximum Gasteiger partial charge on any atom is 0.267 e. The predicted octanol–water partition coefficient (Wildman–Crippen LogP) is 3.69. The van der Waals surface area contributed by atoms with E-state index in [2.05, 4.69) is 27.2 Å². The summed E-state index contributed by atoms with van der Waals surface area (Å²) in [4.78, 5) is 37.0. The van der Waals surface area contributed by atoms with E-state index in [4.69, 9.17) is 17.3 Å². The van der Waals surface area contributed by atoms with E-state index in [0.29, 0.717) is 39.9 Å². The summed E-state index contributed by atoms with van der Waals surface area (Å²) in [7, 11) is 2.06. The van der Waals surface area contributed by atoms with Crippen LogP contribution in [0.2, 0.25) is 5.02 Å². The number of carbonyl (C=O) groups excluding carboxylic acids is 1. The summed E-state index contributed by atoms with van der Waals surface area (Å²) in [5, 5.41) is 4.60. The van der Waals surface area contributed by atoms with Crippen molar-refractivity contribution in [3.05, 3.63) is 87.1 Å². The molecule has 0 bridgehead atoms. The van der Waals surface area contributed by atoms with E-state index in [0.717, 1.165) is 41.8 Å². The summed E-state index contributed by atoms with van der Waals surface area (Å²) in [5.41, 5.74) is 10.00. The Kier molecular flexibility index (Phi) is 7.06. The van der Waals surface area contributed by atoms with Gasteiger partial charge in [-0.3, -0.25) is 14.2 Å². The number of amides is 1. The van der Waals surface area contributed by atoms with Crippen LogP contribution >= 0.6 is 11.6 Å². The molecule has 0 aliphatic carbocycles. The summed E-state index contributed by atoms with van der Waals surface area (Å²) in [5.74, 6) is -0.563. The smallest absolute Gasteiger partial charge is 0.267 e.